The molecule has 0 bridgehead atoms. The van der Waals surface area contributed by atoms with Gasteiger partial charge in [-0.25, -0.2) is 13.6 Å². The fourth-order valence-corrected chi connectivity index (χ4v) is 2.58. The predicted molar refractivity (Wildman–Crippen MR) is 74.8 cm³/mol. The Kier molecular flexibility index (Phi) is 3.11. The number of nitrogens with zero attached hydrogens (tertiary/aromatic N) is 2. The van der Waals surface area contributed by atoms with Crippen LogP contribution < -0.4 is 0 Å². The van der Waals surface area contributed by atoms with Crippen molar-refractivity contribution < 1.29 is 13.2 Å². The first-order valence-electron chi connectivity index (χ1n) is 5.92. The van der Waals surface area contributed by atoms with Gasteiger partial charge in [-0.3, -0.25) is 4.57 Å². The average Bonchev–Trinajstić information content (AvgIpc) is 2.74. The largest absolute Gasteiger partial charge is 0.302 e. The molecule has 1 N–H and O–H groups in total. The summed E-state index contributed by atoms with van der Waals surface area (Å²) in [7, 11) is 0. The molecule has 0 aliphatic rings. The Morgan fingerprint density at radius 2 is 1.90 bits per heavy atom. The van der Waals surface area contributed by atoms with Gasteiger partial charge in [0.2, 0.25) is 0 Å². The maximum absolute atomic E-state index is 13.4. The first-order chi connectivity index (χ1) is 9.56. The molecule has 4 nitrogen and oxygen atoms in total. The van der Waals surface area contributed by atoms with E-state index in [4.69, 9.17) is 4.55 Å². The third-order valence-corrected chi connectivity index (χ3v) is 3.76. The normalized spacial score (nSPS) is 12.8. The SMILES string of the molecule is Cc1nc2ccc(F)cc2n1-c1ccc(S(=O)O)cc1. The lowest BCUT2D eigenvalue weighted by molar-refractivity contribution is 0.564. The molecule has 0 amide bonds. The van der Waals surface area contributed by atoms with E-state index in [1.165, 1.54) is 12.1 Å². The van der Waals surface area contributed by atoms with Crippen LogP contribution in [0.5, 0.6) is 0 Å². The van der Waals surface area contributed by atoms with Crippen LogP contribution in [0.3, 0.4) is 0 Å². The summed E-state index contributed by atoms with van der Waals surface area (Å²) in [6.45, 7) is 1.83. The van der Waals surface area contributed by atoms with Crippen molar-refractivity contribution in [3.8, 4) is 5.69 Å². The van der Waals surface area contributed by atoms with E-state index in [0.717, 1.165) is 11.5 Å². The summed E-state index contributed by atoms with van der Waals surface area (Å²) in [6.07, 6.45) is 0. The van der Waals surface area contributed by atoms with Gasteiger partial charge < -0.3 is 4.55 Å². The number of fused-ring (bicyclic) bond motifs is 1. The first-order valence-corrected chi connectivity index (χ1v) is 7.03. The molecule has 6 heteroatoms. The molecule has 20 heavy (non-hydrogen) atoms. The summed E-state index contributed by atoms with van der Waals surface area (Å²) in [5.41, 5.74) is 2.14. The minimum atomic E-state index is -2.01. The van der Waals surface area contributed by atoms with Gasteiger partial charge in [-0.15, -0.1) is 0 Å². The quantitative estimate of drug-likeness (QED) is 0.738. The summed E-state index contributed by atoms with van der Waals surface area (Å²) < 4.78 is 35.2. The summed E-state index contributed by atoms with van der Waals surface area (Å²) in [6, 6.07) is 11.0. The molecule has 0 aliphatic heterocycles. The summed E-state index contributed by atoms with van der Waals surface area (Å²) in [5, 5.41) is 0. The van der Waals surface area contributed by atoms with Crippen LogP contribution in [-0.2, 0) is 11.1 Å². The molecule has 3 rings (SSSR count). The van der Waals surface area contributed by atoms with Gasteiger partial charge in [-0.1, -0.05) is 0 Å². The van der Waals surface area contributed by atoms with E-state index in [-0.39, 0.29) is 5.82 Å². The lowest BCUT2D eigenvalue weighted by atomic mass is 10.2. The van der Waals surface area contributed by atoms with Crippen LogP contribution in [-0.4, -0.2) is 18.3 Å². The fourth-order valence-electron chi connectivity index (χ4n) is 2.21. The van der Waals surface area contributed by atoms with Crippen molar-refractivity contribution in [3.63, 3.8) is 0 Å². The Balaban J connectivity index is 2.20. The maximum Gasteiger partial charge on any atom is 0.186 e. The van der Waals surface area contributed by atoms with Crippen molar-refractivity contribution in [2.24, 2.45) is 0 Å². The number of imidazole rings is 1. The van der Waals surface area contributed by atoms with Crippen molar-refractivity contribution in [3.05, 3.63) is 54.1 Å². The number of benzene rings is 2. The van der Waals surface area contributed by atoms with Crippen molar-refractivity contribution in [2.45, 2.75) is 11.8 Å². The zero-order valence-electron chi connectivity index (χ0n) is 10.6. The third kappa shape index (κ3) is 2.13. The van der Waals surface area contributed by atoms with Crippen molar-refractivity contribution in [2.75, 3.05) is 0 Å². The van der Waals surface area contributed by atoms with Gasteiger partial charge in [0.1, 0.15) is 11.6 Å². The molecule has 2 aromatic carbocycles. The highest BCUT2D eigenvalue weighted by Gasteiger charge is 2.10. The molecular formula is C14H11FN2O2S. The predicted octanol–water partition coefficient (Wildman–Crippen LogP) is 3.05. The molecule has 1 unspecified atom stereocenters. The van der Waals surface area contributed by atoms with Crippen LogP contribution in [0.4, 0.5) is 4.39 Å². The Morgan fingerprint density at radius 3 is 2.55 bits per heavy atom. The number of hydrogen-bond donors (Lipinski definition) is 1. The molecule has 102 valence electrons. The van der Waals surface area contributed by atoms with Gasteiger partial charge in [0.15, 0.2) is 11.1 Å². The standard InChI is InChI=1S/C14H11FN2O2S/c1-9-16-13-7-2-10(15)8-14(13)17(9)11-3-5-12(6-4-11)20(18)19/h2-8H,1H3,(H,18,19). The Morgan fingerprint density at radius 1 is 1.20 bits per heavy atom. The maximum atomic E-state index is 13.4. The van der Waals surface area contributed by atoms with E-state index in [2.05, 4.69) is 4.98 Å². The average molecular weight is 290 g/mol. The number of hydrogen-bond acceptors (Lipinski definition) is 2. The highest BCUT2D eigenvalue weighted by Crippen LogP contribution is 2.22. The molecule has 0 radical (unpaired) electrons. The van der Waals surface area contributed by atoms with Gasteiger partial charge in [0.25, 0.3) is 0 Å². The number of rotatable bonds is 2. The van der Waals surface area contributed by atoms with Crippen LogP contribution in [0.1, 0.15) is 5.82 Å². The van der Waals surface area contributed by atoms with Crippen molar-refractivity contribution >= 4 is 22.1 Å². The fraction of sp³-hybridized carbons (Fsp3) is 0.0714. The van der Waals surface area contributed by atoms with Gasteiger partial charge in [-0.05, 0) is 43.3 Å². The number of halogens is 1. The Bertz CT molecular complexity index is 812. The van der Waals surface area contributed by atoms with Gasteiger partial charge in [0, 0.05) is 11.8 Å². The molecular weight excluding hydrogens is 279 g/mol. The second-order valence-corrected chi connectivity index (χ2v) is 5.34. The summed E-state index contributed by atoms with van der Waals surface area (Å²) in [4.78, 5) is 4.70. The first kappa shape index (κ1) is 13.0. The Labute approximate surface area is 117 Å². The Hall–Kier alpha value is -2.05. The minimum absolute atomic E-state index is 0.321. The summed E-state index contributed by atoms with van der Waals surface area (Å²) >= 11 is -2.01. The number of aromatic nitrogens is 2. The van der Waals surface area contributed by atoms with Crippen LogP contribution in [0, 0.1) is 12.7 Å². The third-order valence-electron chi connectivity index (χ3n) is 3.08. The monoisotopic (exact) mass is 290 g/mol. The van der Waals surface area contributed by atoms with E-state index >= 15 is 0 Å². The smallest absolute Gasteiger partial charge is 0.186 e. The van der Waals surface area contributed by atoms with Gasteiger partial charge in [-0.2, -0.15) is 0 Å². The molecule has 3 aromatic rings. The molecule has 1 atom stereocenters. The van der Waals surface area contributed by atoms with Crippen LogP contribution in [0.15, 0.2) is 47.4 Å². The second kappa shape index (κ2) is 4.81. The van der Waals surface area contributed by atoms with Crippen LogP contribution in [0.25, 0.3) is 16.7 Å². The number of aryl methyl sites for hydroxylation is 1. The second-order valence-electron chi connectivity index (χ2n) is 4.37. The van der Waals surface area contributed by atoms with Crippen molar-refractivity contribution in [1.82, 2.24) is 9.55 Å². The van der Waals surface area contributed by atoms with Crippen LogP contribution >= 0.6 is 0 Å². The van der Waals surface area contributed by atoms with E-state index in [1.807, 2.05) is 11.5 Å². The highest BCUT2D eigenvalue weighted by atomic mass is 32.2. The minimum Gasteiger partial charge on any atom is -0.302 e. The molecule has 1 aromatic heterocycles. The van der Waals surface area contributed by atoms with Crippen LogP contribution in [0.2, 0.25) is 0 Å². The molecule has 0 fully saturated rings. The topological polar surface area (TPSA) is 55.1 Å². The lowest BCUT2D eigenvalue weighted by Crippen LogP contribution is -1.98. The molecule has 0 saturated carbocycles. The lowest BCUT2D eigenvalue weighted by Gasteiger charge is -2.07. The van der Waals surface area contributed by atoms with E-state index in [1.54, 1.807) is 30.3 Å². The van der Waals surface area contributed by atoms with E-state index in [0.29, 0.717) is 15.9 Å². The zero-order chi connectivity index (χ0) is 14.3. The summed E-state index contributed by atoms with van der Waals surface area (Å²) in [5.74, 6) is 0.398. The molecule has 1 heterocycles. The van der Waals surface area contributed by atoms with Gasteiger partial charge >= 0.3 is 0 Å². The van der Waals surface area contributed by atoms with Gasteiger partial charge in [0.05, 0.1) is 15.9 Å². The molecule has 0 aliphatic carbocycles. The molecule has 0 spiro atoms. The van der Waals surface area contributed by atoms with E-state index in [9.17, 15) is 8.60 Å². The highest BCUT2D eigenvalue weighted by molar-refractivity contribution is 7.79. The van der Waals surface area contributed by atoms with Crippen molar-refractivity contribution in [1.29, 1.82) is 0 Å². The zero-order valence-corrected chi connectivity index (χ0v) is 11.4. The molecule has 0 saturated heterocycles. The van der Waals surface area contributed by atoms with E-state index < -0.39 is 11.1 Å².